The van der Waals surface area contributed by atoms with E-state index in [1.54, 1.807) is 37.3 Å². The van der Waals surface area contributed by atoms with E-state index in [4.69, 9.17) is 4.74 Å². The average molecular weight is 337 g/mol. The Bertz CT molecular complexity index is 799. The minimum Gasteiger partial charge on any atom is -0.495 e. The van der Waals surface area contributed by atoms with Crippen molar-refractivity contribution in [2.24, 2.45) is 5.10 Å². The first-order chi connectivity index (χ1) is 12.1. The number of anilines is 1. The summed E-state index contributed by atoms with van der Waals surface area (Å²) in [6, 6.07) is 16.5. The Morgan fingerprint density at radius 3 is 2.40 bits per heavy atom. The zero-order valence-electron chi connectivity index (χ0n) is 14.0. The van der Waals surface area contributed by atoms with Gasteiger partial charge in [-0.1, -0.05) is 48.5 Å². The minimum atomic E-state index is -0.863. The first-order valence-electron chi connectivity index (χ1n) is 7.62. The zero-order chi connectivity index (χ0) is 18.1. The molecule has 0 spiro atoms. The molecule has 0 atom stereocenters. The van der Waals surface area contributed by atoms with Crippen LogP contribution in [0.1, 0.15) is 12.5 Å². The lowest BCUT2D eigenvalue weighted by Gasteiger charge is -2.08. The van der Waals surface area contributed by atoms with Crippen LogP contribution in [0.2, 0.25) is 0 Å². The van der Waals surface area contributed by atoms with Gasteiger partial charge in [0, 0.05) is 0 Å². The normalized spacial score (nSPS) is 11.2. The van der Waals surface area contributed by atoms with Crippen LogP contribution in [0.25, 0.3) is 6.08 Å². The van der Waals surface area contributed by atoms with Crippen LogP contribution in [0.4, 0.5) is 5.69 Å². The Morgan fingerprint density at radius 2 is 1.68 bits per heavy atom. The number of allylic oxidation sites excluding steroid dienone is 1. The molecule has 25 heavy (non-hydrogen) atoms. The van der Waals surface area contributed by atoms with E-state index < -0.39 is 11.8 Å². The molecule has 0 saturated heterocycles. The third-order valence-electron chi connectivity index (χ3n) is 3.21. The predicted octanol–water partition coefficient (Wildman–Crippen LogP) is 2.84. The third kappa shape index (κ3) is 5.62. The molecule has 2 rings (SSSR count). The Morgan fingerprint density at radius 1 is 1.00 bits per heavy atom. The summed E-state index contributed by atoms with van der Waals surface area (Å²) in [6.07, 6.45) is 3.60. The Balaban J connectivity index is 1.92. The SMILES string of the molecule is COc1ccccc1NC(=O)C(=O)N/N=C(C)/C=C/c1ccccc1. The number of ether oxygens (including phenoxy) is 1. The Kier molecular flexibility index (Phi) is 6.47. The molecule has 0 aromatic heterocycles. The number of para-hydroxylation sites is 2. The van der Waals surface area contributed by atoms with Gasteiger partial charge in [-0.25, -0.2) is 5.43 Å². The summed E-state index contributed by atoms with van der Waals surface area (Å²) < 4.78 is 5.12. The second-order valence-electron chi connectivity index (χ2n) is 5.09. The highest BCUT2D eigenvalue weighted by Gasteiger charge is 2.14. The van der Waals surface area contributed by atoms with Gasteiger partial charge in [0.25, 0.3) is 0 Å². The monoisotopic (exact) mass is 337 g/mol. The van der Waals surface area contributed by atoms with E-state index in [0.717, 1.165) is 5.56 Å². The minimum absolute atomic E-state index is 0.412. The summed E-state index contributed by atoms with van der Waals surface area (Å²) in [4.78, 5) is 23.7. The third-order valence-corrected chi connectivity index (χ3v) is 3.21. The summed E-state index contributed by atoms with van der Waals surface area (Å²) in [6.45, 7) is 1.72. The number of hydrogen-bond acceptors (Lipinski definition) is 4. The quantitative estimate of drug-likeness (QED) is 0.500. The van der Waals surface area contributed by atoms with Crippen molar-refractivity contribution in [3.05, 3.63) is 66.2 Å². The summed E-state index contributed by atoms with van der Waals surface area (Å²) in [5, 5.41) is 6.36. The number of nitrogens with one attached hydrogen (secondary N) is 2. The molecule has 6 heteroatoms. The summed E-state index contributed by atoms with van der Waals surface area (Å²) in [5.41, 5.74) is 4.20. The van der Waals surface area contributed by atoms with Gasteiger partial charge in [0.2, 0.25) is 0 Å². The van der Waals surface area contributed by atoms with Crippen molar-refractivity contribution in [3.8, 4) is 5.75 Å². The van der Waals surface area contributed by atoms with Crippen LogP contribution in [0.5, 0.6) is 5.75 Å². The van der Waals surface area contributed by atoms with Crippen LogP contribution in [0.15, 0.2) is 65.8 Å². The number of benzene rings is 2. The van der Waals surface area contributed by atoms with Gasteiger partial charge in [-0.05, 0) is 30.7 Å². The molecule has 128 valence electrons. The second kappa shape index (κ2) is 9.02. The molecule has 0 aliphatic carbocycles. The van der Waals surface area contributed by atoms with Crippen LogP contribution in [-0.4, -0.2) is 24.6 Å². The molecule has 0 aliphatic heterocycles. The predicted molar refractivity (Wildman–Crippen MR) is 98.4 cm³/mol. The molecule has 2 N–H and O–H groups in total. The van der Waals surface area contributed by atoms with Gasteiger partial charge < -0.3 is 10.1 Å². The van der Waals surface area contributed by atoms with E-state index in [0.29, 0.717) is 17.1 Å². The lowest BCUT2D eigenvalue weighted by atomic mass is 10.2. The Labute approximate surface area is 146 Å². The van der Waals surface area contributed by atoms with Crippen LogP contribution in [0, 0.1) is 0 Å². The number of nitrogens with zero attached hydrogens (tertiary/aromatic N) is 1. The van der Waals surface area contributed by atoms with Crippen molar-refractivity contribution in [2.75, 3.05) is 12.4 Å². The molecule has 0 aliphatic rings. The van der Waals surface area contributed by atoms with E-state index in [1.165, 1.54) is 7.11 Å². The number of amides is 2. The van der Waals surface area contributed by atoms with Crippen molar-refractivity contribution >= 4 is 29.3 Å². The number of carbonyl (C=O) groups excluding carboxylic acids is 2. The van der Waals surface area contributed by atoms with Crippen molar-refractivity contribution in [3.63, 3.8) is 0 Å². The van der Waals surface area contributed by atoms with Crippen LogP contribution in [0.3, 0.4) is 0 Å². The fraction of sp³-hybridized carbons (Fsp3) is 0.105. The fourth-order valence-electron chi connectivity index (χ4n) is 1.93. The number of rotatable bonds is 5. The Hall–Kier alpha value is -3.41. The largest absolute Gasteiger partial charge is 0.495 e. The van der Waals surface area contributed by atoms with Gasteiger partial charge >= 0.3 is 11.8 Å². The highest BCUT2D eigenvalue weighted by Crippen LogP contribution is 2.22. The molecule has 2 aromatic carbocycles. The van der Waals surface area contributed by atoms with Crippen LogP contribution >= 0.6 is 0 Å². The molecule has 6 nitrogen and oxygen atoms in total. The molecule has 0 bridgehead atoms. The first kappa shape index (κ1) is 17.9. The highest BCUT2D eigenvalue weighted by atomic mass is 16.5. The maximum absolute atomic E-state index is 11.9. The molecule has 0 unspecified atom stereocenters. The number of hydrazone groups is 1. The van der Waals surface area contributed by atoms with Crippen molar-refractivity contribution in [1.29, 1.82) is 0 Å². The number of methoxy groups -OCH3 is 1. The van der Waals surface area contributed by atoms with Gasteiger partial charge in [0.05, 0.1) is 18.5 Å². The van der Waals surface area contributed by atoms with Crippen molar-refractivity contribution < 1.29 is 14.3 Å². The lowest BCUT2D eigenvalue weighted by Crippen LogP contribution is -2.32. The molecule has 0 saturated carbocycles. The summed E-state index contributed by atoms with van der Waals surface area (Å²) in [5.74, 6) is -1.22. The van der Waals surface area contributed by atoms with Gasteiger partial charge in [-0.2, -0.15) is 5.10 Å². The van der Waals surface area contributed by atoms with Gasteiger partial charge in [0.1, 0.15) is 5.75 Å². The lowest BCUT2D eigenvalue weighted by molar-refractivity contribution is -0.136. The molecular formula is C19H19N3O3. The van der Waals surface area contributed by atoms with E-state index in [9.17, 15) is 9.59 Å². The average Bonchev–Trinajstić information content (AvgIpc) is 2.65. The highest BCUT2D eigenvalue weighted by molar-refractivity contribution is 6.39. The fourth-order valence-corrected chi connectivity index (χ4v) is 1.93. The van der Waals surface area contributed by atoms with E-state index >= 15 is 0 Å². The van der Waals surface area contributed by atoms with Crippen molar-refractivity contribution in [2.45, 2.75) is 6.92 Å². The zero-order valence-corrected chi connectivity index (χ0v) is 14.0. The van der Waals surface area contributed by atoms with Crippen LogP contribution < -0.4 is 15.5 Å². The summed E-state index contributed by atoms with van der Waals surface area (Å²) in [7, 11) is 1.48. The molecule has 0 radical (unpaired) electrons. The molecular weight excluding hydrogens is 318 g/mol. The van der Waals surface area contributed by atoms with Crippen molar-refractivity contribution in [1.82, 2.24) is 5.43 Å². The van der Waals surface area contributed by atoms with E-state index in [2.05, 4.69) is 15.8 Å². The maximum atomic E-state index is 11.9. The topological polar surface area (TPSA) is 79.8 Å². The van der Waals surface area contributed by atoms with E-state index in [-0.39, 0.29) is 0 Å². The molecule has 0 fully saturated rings. The number of hydrogen-bond donors (Lipinski definition) is 2. The second-order valence-corrected chi connectivity index (χ2v) is 5.09. The first-order valence-corrected chi connectivity index (χ1v) is 7.62. The maximum Gasteiger partial charge on any atom is 0.329 e. The molecule has 2 aromatic rings. The smallest absolute Gasteiger partial charge is 0.329 e. The standard InChI is InChI=1S/C19H19N3O3/c1-14(12-13-15-8-4-3-5-9-15)21-22-19(24)18(23)20-16-10-6-7-11-17(16)25-2/h3-13H,1-2H3,(H,20,23)(H,22,24)/b13-12+,21-14+. The van der Waals surface area contributed by atoms with Crippen LogP contribution in [-0.2, 0) is 9.59 Å². The van der Waals surface area contributed by atoms with Gasteiger partial charge in [-0.15, -0.1) is 0 Å². The van der Waals surface area contributed by atoms with Gasteiger partial charge in [-0.3, -0.25) is 9.59 Å². The van der Waals surface area contributed by atoms with Gasteiger partial charge in [0.15, 0.2) is 0 Å². The molecule has 0 heterocycles. The molecule has 2 amide bonds. The number of carbonyl (C=O) groups is 2. The summed E-state index contributed by atoms with van der Waals surface area (Å²) >= 11 is 0. The van der Waals surface area contributed by atoms with E-state index in [1.807, 2.05) is 36.4 Å².